The molecule has 5 heteroatoms. The highest BCUT2D eigenvalue weighted by molar-refractivity contribution is 7.99. The van der Waals surface area contributed by atoms with Gasteiger partial charge in [-0.05, 0) is 24.8 Å². The summed E-state index contributed by atoms with van der Waals surface area (Å²) in [6.45, 7) is 4.34. The zero-order valence-electron chi connectivity index (χ0n) is 11.3. The molecule has 0 radical (unpaired) electrons. The molecule has 1 amide bonds. The molecule has 1 aromatic rings. The molecule has 0 bridgehead atoms. The minimum atomic E-state index is -0.189. The Morgan fingerprint density at radius 3 is 3.11 bits per heavy atom. The average molecular weight is 277 g/mol. The molecule has 0 aromatic carbocycles. The van der Waals surface area contributed by atoms with Crippen LogP contribution in [0.4, 0.5) is 0 Å². The molecule has 0 spiro atoms. The van der Waals surface area contributed by atoms with E-state index in [1.54, 1.807) is 30.1 Å². The first kappa shape index (κ1) is 15.5. The van der Waals surface area contributed by atoms with E-state index in [4.69, 9.17) is 5.73 Å². The van der Waals surface area contributed by atoms with Crippen LogP contribution >= 0.6 is 11.8 Å². The summed E-state index contributed by atoms with van der Waals surface area (Å²) < 4.78 is 0. The maximum atomic E-state index is 12.1. The molecule has 0 fully saturated rings. The molecular formula is C14H19N3OS. The van der Waals surface area contributed by atoms with Crippen molar-refractivity contribution in [1.82, 2.24) is 10.3 Å². The van der Waals surface area contributed by atoms with Gasteiger partial charge in [-0.15, -0.1) is 0 Å². The van der Waals surface area contributed by atoms with Crippen molar-refractivity contribution in [3.05, 3.63) is 29.6 Å². The largest absolute Gasteiger partial charge is 0.347 e. The Morgan fingerprint density at radius 2 is 2.42 bits per heavy atom. The summed E-state index contributed by atoms with van der Waals surface area (Å²) in [5, 5.41) is 2.93. The third-order valence-electron chi connectivity index (χ3n) is 2.30. The van der Waals surface area contributed by atoms with Crippen LogP contribution in [0.3, 0.4) is 0 Å². The van der Waals surface area contributed by atoms with Crippen LogP contribution in [0.1, 0.15) is 29.9 Å². The van der Waals surface area contributed by atoms with Gasteiger partial charge in [0.15, 0.2) is 0 Å². The Hall–Kier alpha value is -1.51. The first-order chi connectivity index (χ1) is 9.19. The third-order valence-corrected chi connectivity index (χ3v) is 3.44. The molecule has 1 atom stereocenters. The fourth-order valence-electron chi connectivity index (χ4n) is 1.46. The lowest BCUT2D eigenvalue weighted by molar-refractivity contribution is 0.0938. The van der Waals surface area contributed by atoms with Crippen molar-refractivity contribution >= 4 is 17.7 Å². The zero-order chi connectivity index (χ0) is 14.1. The molecular weight excluding hydrogens is 258 g/mol. The summed E-state index contributed by atoms with van der Waals surface area (Å²) in [5.41, 5.74) is 6.31. The topological polar surface area (TPSA) is 68.0 Å². The first-order valence-electron chi connectivity index (χ1n) is 6.21. The second-order valence-corrected chi connectivity index (χ2v) is 5.26. The van der Waals surface area contributed by atoms with Crippen molar-refractivity contribution < 1.29 is 4.79 Å². The molecule has 0 aliphatic heterocycles. The van der Waals surface area contributed by atoms with Crippen molar-refractivity contribution in [2.24, 2.45) is 5.73 Å². The van der Waals surface area contributed by atoms with Crippen molar-refractivity contribution in [3.63, 3.8) is 0 Å². The monoisotopic (exact) mass is 277 g/mol. The Labute approximate surface area is 118 Å². The molecule has 1 unspecified atom stereocenters. The average Bonchev–Trinajstić information content (AvgIpc) is 2.43. The van der Waals surface area contributed by atoms with Gasteiger partial charge in [0, 0.05) is 18.0 Å². The van der Waals surface area contributed by atoms with E-state index in [1.165, 1.54) is 0 Å². The lowest BCUT2D eigenvalue weighted by atomic mass is 10.2. The summed E-state index contributed by atoms with van der Waals surface area (Å²) in [4.78, 5) is 16.2. The van der Waals surface area contributed by atoms with E-state index in [2.05, 4.69) is 29.1 Å². The predicted octanol–water partition coefficient (Wildman–Crippen LogP) is 1.26. The van der Waals surface area contributed by atoms with Crippen LogP contribution in [0.2, 0.25) is 0 Å². The van der Waals surface area contributed by atoms with Crippen molar-refractivity contribution in [2.75, 3.05) is 18.1 Å². The molecule has 0 saturated heterocycles. The van der Waals surface area contributed by atoms with Gasteiger partial charge in [0.25, 0.3) is 5.91 Å². The fourth-order valence-corrected chi connectivity index (χ4v) is 2.13. The lowest BCUT2D eigenvalue weighted by Gasteiger charge is -2.13. The Balaban J connectivity index is 2.76. The summed E-state index contributed by atoms with van der Waals surface area (Å²) in [7, 11) is 0. The summed E-state index contributed by atoms with van der Waals surface area (Å²) in [6.07, 6.45) is 1.59. The molecule has 19 heavy (non-hydrogen) atoms. The second-order valence-electron chi connectivity index (χ2n) is 3.94. The molecule has 1 heterocycles. The van der Waals surface area contributed by atoms with Crippen LogP contribution in [0, 0.1) is 11.8 Å². The smallest absolute Gasteiger partial charge is 0.271 e. The summed E-state index contributed by atoms with van der Waals surface area (Å²) >= 11 is 1.79. The lowest BCUT2D eigenvalue weighted by Crippen LogP contribution is -2.35. The van der Waals surface area contributed by atoms with Gasteiger partial charge in [0.05, 0.1) is 12.1 Å². The highest BCUT2D eigenvalue weighted by Crippen LogP contribution is 2.06. The van der Waals surface area contributed by atoms with Gasteiger partial charge in [-0.3, -0.25) is 4.79 Å². The van der Waals surface area contributed by atoms with E-state index in [-0.39, 0.29) is 18.5 Å². The van der Waals surface area contributed by atoms with Gasteiger partial charge in [-0.1, -0.05) is 18.8 Å². The Kier molecular flexibility index (Phi) is 7.01. The normalized spacial score (nSPS) is 11.3. The van der Waals surface area contributed by atoms with Crippen molar-refractivity contribution in [3.8, 4) is 11.8 Å². The summed E-state index contributed by atoms with van der Waals surface area (Å²) in [5.74, 6) is 7.35. The molecule has 1 aromatic heterocycles. The van der Waals surface area contributed by atoms with Crippen molar-refractivity contribution in [2.45, 2.75) is 19.9 Å². The van der Waals surface area contributed by atoms with E-state index in [0.29, 0.717) is 11.3 Å². The van der Waals surface area contributed by atoms with Crippen LogP contribution in [0.25, 0.3) is 0 Å². The van der Waals surface area contributed by atoms with E-state index >= 15 is 0 Å². The summed E-state index contributed by atoms with van der Waals surface area (Å²) in [6, 6.07) is 3.64. The van der Waals surface area contributed by atoms with Gasteiger partial charge >= 0.3 is 0 Å². The van der Waals surface area contributed by atoms with E-state index in [9.17, 15) is 4.79 Å². The number of rotatable bonds is 5. The Bertz CT molecular complexity index is 479. The van der Waals surface area contributed by atoms with E-state index in [0.717, 1.165) is 11.5 Å². The molecule has 4 nitrogen and oxygen atoms in total. The van der Waals surface area contributed by atoms with E-state index < -0.39 is 0 Å². The maximum Gasteiger partial charge on any atom is 0.271 e. The first-order valence-corrected chi connectivity index (χ1v) is 7.37. The second kappa shape index (κ2) is 8.57. The number of thioether (sulfide) groups is 1. The molecule has 1 rings (SSSR count). The van der Waals surface area contributed by atoms with Crippen LogP contribution in [0.5, 0.6) is 0 Å². The Morgan fingerprint density at radius 1 is 1.63 bits per heavy atom. The molecule has 3 N–H and O–H groups in total. The van der Waals surface area contributed by atoms with Gasteiger partial charge in [0.1, 0.15) is 5.69 Å². The number of nitrogens with two attached hydrogens (primary N) is 1. The van der Waals surface area contributed by atoms with Gasteiger partial charge in [0.2, 0.25) is 0 Å². The number of carbonyl (C=O) groups is 1. The van der Waals surface area contributed by atoms with Crippen LogP contribution in [-0.2, 0) is 0 Å². The van der Waals surface area contributed by atoms with Crippen molar-refractivity contribution in [1.29, 1.82) is 0 Å². The number of amides is 1. The van der Waals surface area contributed by atoms with Gasteiger partial charge < -0.3 is 11.1 Å². The minimum absolute atomic E-state index is 0.106. The fraction of sp³-hybridized carbons (Fsp3) is 0.429. The highest BCUT2D eigenvalue weighted by Gasteiger charge is 2.13. The standard InChI is InChI=1S/C14H19N3OS/c1-3-19-10-11(2)17-14(18)13-12(6-4-8-15)7-5-9-16-13/h5,7,9,11H,3,8,10,15H2,1-2H3,(H,17,18). The van der Waals surface area contributed by atoms with Crippen LogP contribution < -0.4 is 11.1 Å². The molecule has 0 saturated carbocycles. The number of hydrogen-bond donors (Lipinski definition) is 2. The third kappa shape index (κ3) is 5.33. The maximum absolute atomic E-state index is 12.1. The number of pyridine rings is 1. The van der Waals surface area contributed by atoms with Crippen LogP contribution in [-0.4, -0.2) is 35.0 Å². The molecule has 0 aliphatic rings. The van der Waals surface area contributed by atoms with Gasteiger partial charge in [-0.2, -0.15) is 11.8 Å². The zero-order valence-corrected chi connectivity index (χ0v) is 12.1. The van der Waals surface area contributed by atoms with E-state index in [1.807, 2.05) is 6.92 Å². The minimum Gasteiger partial charge on any atom is -0.347 e. The predicted molar refractivity (Wildman–Crippen MR) is 80.1 cm³/mol. The van der Waals surface area contributed by atoms with Crippen LogP contribution in [0.15, 0.2) is 18.3 Å². The number of hydrogen-bond acceptors (Lipinski definition) is 4. The number of aromatic nitrogens is 1. The quantitative estimate of drug-likeness (QED) is 0.795. The number of nitrogens with one attached hydrogen (secondary N) is 1. The number of carbonyl (C=O) groups excluding carboxylic acids is 1. The number of nitrogens with zero attached hydrogens (tertiary/aromatic N) is 1. The van der Waals surface area contributed by atoms with Gasteiger partial charge in [-0.25, -0.2) is 4.98 Å². The molecule has 102 valence electrons. The highest BCUT2D eigenvalue weighted by atomic mass is 32.2. The SMILES string of the molecule is CCSCC(C)NC(=O)c1ncccc1C#CCN. The molecule has 0 aliphatic carbocycles.